The molecule has 0 aliphatic rings. The second kappa shape index (κ2) is 8.08. The van der Waals surface area contributed by atoms with Gasteiger partial charge in [-0.05, 0) is 31.2 Å². The number of ketones is 1. The van der Waals surface area contributed by atoms with Crippen molar-refractivity contribution in [1.29, 1.82) is 0 Å². The molecule has 0 spiro atoms. The number of ether oxygens (including phenoxy) is 1. The lowest BCUT2D eigenvalue weighted by Gasteiger charge is -2.12. The van der Waals surface area contributed by atoms with E-state index in [9.17, 15) is 14.4 Å². The smallest absolute Gasteiger partial charge is 0.340 e. The van der Waals surface area contributed by atoms with Gasteiger partial charge in [0.15, 0.2) is 6.10 Å². The molecule has 5 nitrogen and oxygen atoms in total. The number of carbonyl (C=O) groups excluding carboxylic acids is 3. The first kappa shape index (κ1) is 18.2. The van der Waals surface area contributed by atoms with E-state index in [1.54, 1.807) is 36.4 Å². The quantitative estimate of drug-likeness (QED) is 0.628. The molecule has 0 aliphatic carbocycles. The van der Waals surface area contributed by atoms with Gasteiger partial charge in [0.25, 0.3) is 0 Å². The number of amides is 1. The highest BCUT2D eigenvalue weighted by molar-refractivity contribution is 7.14. The summed E-state index contributed by atoms with van der Waals surface area (Å²) in [6, 6.07) is 9.91. The van der Waals surface area contributed by atoms with Gasteiger partial charge in [0.05, 0.1) is 22.0 Å². The zero-order valence-electron chi connectivity index (χ0n) is 13.2. The lowest BCUT2D eigenvalue weighted by Crippen LogP contribution is -2.24. The topological polar surface area (TPSA) is 72.5 Å². The number of carbonyl (C=O) groups is 3. The summed E-state index contributed by atoms with van der Waals surface area (Å²) >= 11 is 7.20. The van der Waals surface area contributed by atoms with E-state index < -0.39 is 12.1 Å². The first-order valence-electron chi connectivity index (χ1n) is 7.21. The van der Waals surface area contributed by atoms with E-state index in [-0.39, 0.29) is 22.3 Å². The molecule has 0 aliphatic heterocycles. The predicted molar refractivity (Wildman–Crippen MR) is 92.5 cm³/mol. The molecule has 1 aromatic carbocycles. The van der Waals surface area contributed by atoms with Crippen LogP contribution in [0.1, 0.15) is 38.8 Å². The van der Waals surface area contributed by atoms with Gasteiger partial charge in [-0.25, -0.2) is 4.79 Å². The largest absolute Gasteiger partial charge is 0.451 e. The standard InChI is InChI=1S/C17H16ClNO4S/c1-10(23-17(22)13-5-3-4-6-14(13)18)16(21)15-8-7-12(24-15)9-19-11(2)20/h3-8,10H,9H2,1-2H3,(H,19,20). The lowest BCUT2D eigenvalue weighted by atomic mass is 10.2. The molecule has 0 radical (unpaired) electrons. The first-order valence-corrected chi connectivity index (χ1v) is 8.41. The fourth-order valence-corrected chi connectivity index (χ4v) is 3.10. The molecule has 1 aromatic heterocycles. The van der Waals surface area contributed by atoms with Gasteiger partial charge in [-0.3, -0.25) is 9.59 Å². The van der Waals surface area contributed by atoms with Gasteiger partial charge >= 0.3 is 5.97 Å². The minimum atomic E-state index is -0.930. The molecule has 126 valence electrons. The molecule has 1 heterocycles. The van der Waals surface area contributed by atoms with E-state index in [4.69, 9.17) is 16.3 Å². The van der Waals surface area contributed by atoms with E-state index in [2.05, 4.69) is 5.32 Å². The number of rotatable bonds is 6. The minimum absolute atomic E-state index is 0.140. The third-order valence-electron chi connectivity index (χ3n) is 3.16. The molecule has 7 heteroatoms. The summed E-state index contributed by atoms with van der Waals surface area (Å²) in [5.74, 6) is -1.08. The Labute approximate surface area is 148 Å². The monoisotopic (exact) mass is 365 g/mol. The molecule has 2 rings (SSSR count). The maximum atomic E-state index is 12.4. The van der Waals surface area contributed by atoms with Crippen molar-refractivity contribution in [2.24, 2.45) is 0 Å². The van der Waals surface area contributed by atoms with Crippen molar-refractivity contribution in [3.8, 4) is 0 Å². The summed E-state index contributed by atoms with van der Waals surface area (Å²) in [6.45, 7) is 3.31. The summed E-state index contributed by atoms with van der Waals surface area (Å²) < 4.78 is 5.20. The maximum absolute atomic E-state index is 12.4. The Kier molecular flexibility index (Phi) is 6.11. The Balaban J connectivity index is 2.00. The van der Waals surface area contributed by atoms with Crippen LogP contribution in [0.4, 0.5) is 0 Å². The van der Waals surface area contributed by atoms with Gasteiger partial charge in [0.1, 0.15) is 0 Å². The number of thiophene rings is 1. The summed E-state index contributed by atoms with van der Waals surface area (Å²) in [7, 11) is 0. The maximum Gasteiger partial charge on any atom is 0.340 e. The third kappa shape index (κ3) is 4.66. The average Bonchev–Trinajstić information content (AvgIpc) is 3.01. The Hall–Kier alpha value is -2.18. The Morgan fingerprint density at radius 1 is 1.21 bits per heavy atom. The van der Waals surface area contributed by atoms with Gasteiger partial charge in [-0.2, -0.15) is 0 Å². The number of hydrogen-bond donors (Lipinski definition) is 1. The number of Topliss-reactive ketones (excluding diaryl/α,β-unsaturated/α-hetero) is 1. The number of benzene rings is 1. The van der Waals surface area contributed by atoms with Crippen molar-refractivity contribution in [1.82, 2.24) is 5.32 Å². The molecule has 0 fully saturated rings. The van der Waals surface area contributed by atoms with Crippen LogP contribution in [0.5, 0.6) is 0 Å². The van der Waals surface area contributed by atoms with Gasteiger partial charge in [-0.15, -0.1) is 11.3 Å². The number of hydrogen-bond acceptors (Lipinski definition) is 5. The van der Waals surface area contributed by atoms with Gasteiger partial charge in [-0.1, -0.05) is 23.7 Å². The van der Waals surface area contributed by atoms with Crippen molar-refractivity contribution in [2.45, 2.75) is 26.5 Å². The lowest BCUT2D eigenvalue weighted by molar-refractivity contribution is -0.119. The van der Waals surface area contributed by atoms with Crippen LogP contribution in [0, 0.1) is 0 Å². The second-order valence-electron chi connectivity index (χ2n) is 5.07. The Morgan fingerprint density at radius 3 is 2.58 bits per heavy atom. The number of esters is 1. The number of nitrogens with one attached hydrogen (secondary N) is 1. The highest BCUT2D eigenvalue weighted by Crippen LogP contribution is 2.21. The molecule has 2 aromatic rings. The van der Waals surface area contributed by atoms with Crippen LogP contribution in [-0.4, -0.2) is 23.8 Å². The van der Waals surface area contributed by atoms with Crippen LogP contribution in [0.2, 0.25) is 5.02 Å². The second-order valence-corrected chi connectivity index (χ2v) is 6.64. The average molecular weight is 366 g/mol. The van der Waals surface area contributed by atoms with Crippen LogP contribution >= 0.6 is 22.9 Å². The minimum Gasteiger partial charge on any atom is -0.451 e. The zero-order chi connectivity index (χ0) is 17.7. The van der Waals surface area contributed by atoms with E-state index in [1.807, 2.05) is 0 Å². The normalized spacial score (nSPS) is 11.6. The highest BCUT2D eigenvalue weighted by atomic mass is 35.5. The highest BCUT2D eigenvalue weighted by Gasteiger charge is 2.22. The van der Waals surface area contributed by atoms with Crippen LogP contribution in [0.25, 0.3) is 0 Å². The molecule has 1 N–H and O–H groups in total. The number of halogens is 1. The van der Waals surface area contributed by atoms with Crippen LogP contribution in [0.3, 0.4) is 0 Å². The van der Waals surface area contributed by atoms with Gasteiger partial charge in [0, 0.05) is 11.8 Å². The molecule has 1 amide bonds. The predicted octanol–water partition coefficient (Wildman–Crippen LogP) is 3.47. The van der Waals surface area contributed by atoms with Crippen LogP contribution in [-0.2, 0) is 16.1 Å². The molecule has 0 bridgehead atoms. The van der Waals surface area contributed by atoms with E-state index in [0.29, 0.717) is 11.4 Å². The van der Waals surface area contributed by atoms with Gasteiger partial charge < -0.3 is 10.1 Å². The molecule has 24 heavy (non-hydrogen) atoms. The Morgan fingerprint density at radius 2 is 1.92 bits per heavy atom. The first-order chi connectivity index (χ1) is 11.4. The molecule has 0 saturated heterocycles. The van der Waals surface area contributed by atoms with Crippen molar-refractivity contribution < 1.29 is 19.1 Å². The fourth-order valence-electron chi connectivity index (χ4n) is 1.92. The van der Waals surface area contributed by atoms with Gasteiger partial charge in [0.2, 0.25) is 11.7 Å². The fraction of sp³-hybridized carbons (Fsp3) is 0.235. The van der Waals surface area contributed by atoms with Crippen molar-refractivity contribution in [2.75, 3.05) is 0 Å². The summed E-state index contributed by atoms with van der Waals surface area (Å²) in [6.07, 6.45) is -0.930. The molecule has 1 unspecified atom stereocenters. The van der Waals surface area contributed by atoms with Crippen LogP contribution < -0.4 is 5.32 Å². The molecule has 0 saturated carbocycles. The third-order valence-corrected chi connectivity index (χ3v) is 4.59. The van der Waals surface area contributed by atoms with Crippen molar-refractivity contribution in [3.63, 3.8) is 0 Å². The van der Waals surface area contributed by atoms with Crippen LogP contribution in [0.15, 0.2) is 36.4 Å². The zero-order valence-corrected chi connectivity index (χ0v) is 14.7. The summed E-state index contributed by atoms with van der Waals surface area (Å²) in [5, 5.41) is 2.94. The van der Waals surface area contributed by atoms with E-state index in [0.717, 1.165) is 4.88 Å². The summed E-state index contributed by atoms with van der Waals surface area (Å²) in [5.41, 5.74) is 0.219. The molecular formula is C17H16ClNO4S. The van der Waals surface area contributed by atoms with E-state index in [1.165, 1.54) is 25.2 Å². The SMILES string of the molecule is CC(=O)NCc1ccc(C(=O)C(C)OC(=O)c2ccccc2Cl)s1. The summed E-state index contributed by atoms with van der Waals surface area (Å²) in [4.78, 5) is 36.7. The van der Waals surface area contributed by atoms with E-state index >= 15 is 0 Å². The molecular weight excluding hydrogens is 350 g/mol. The van der Waals surface area contributed by atoms with Crippen molar-refractivity contribution >= 4 is 40.6 Å². The van der Waals surface area contributed by atoms with Crippen molar-refractivity contribution in [3.05, 3.63) is 56.7 Å². The Bertz CT molecular complexity index is 771. The molecule has 1 atom stereocenters.